The van der Waals surface area contributed by atoms with Gasteiger partial charge in [0.05, 0.1) is 11.6 Å². The van der Waals surface area contributed by atoms with Crippen molar-refractivity contribution >= 4 is 0 Å². The topological polar surface area (TPSA) is 49.6 Å². The molecule has 0 saturated heterocycles. The van der Waals surface area contributed by atoms with Crippen LogP contribution in [0.15, 0.2) is 73.6 Å². The highest BCUT2D eigenvalue weighted by Crippen LogP contribution is 2.38. The van der Waals surface area contributed by atoms with Crippen molar-refractivity contribution in [1.29, 1.82) is 5.26 Å². The minimum atomic E-state index is 0.640. The molecule has 144 valence electrons. The van der Waals surface area contributed by atoms with Gasteiger partial charge in [-0.3, -0.25) is 0 Å². The van der Waals surface area contributed by atoms with E-state index in [1.54, 1.807) is 12.1 Å². The summed E-state index contributed by atoms with van der Waals surface area (Å²) in [5.41, 5.74) is 5.18. The Morgan fingerprint density at radius 2 is 1.66 bits per heavy atom. The molecule has 3 nitrogen and oxygen atoms in total. The molecule has 1 fully saturated rings. The lowest BCUT2D eigenvalue weighted by Crippen LogP contribution is -2.12. The third kappa shape index (κ3) is 4.43. The molecule has 1 aliphatic carbocycles. The van der Waals surface area contributed by atoms with Crippen molar-refractivity contribution in [1.82, 2.24) is 9.97 Å². The first-order valence-electron chi connectivity index (χ1n) is 10.3. The molecule has 2 aromatic carbocycles. The molecule has 0 unspecified atom stereocenters. The molecule has 4 rings (SSSR count). The summed E-state index contributed by atoms with van der Waals surface area (Å²) in [5.74, 6) is 2.14. The Balaban J connectivity index is 1.49. The number of nitrogens with zero attached hydrogens (tertiary/aromatic N) is 3. The van der Waals surface area contributed by atoms with E-state index in [-0.39, 0.29) is 0 Å². The first-order chi connectivity index (χ1) is 14.3. The van der Waals surface area contributed by atoms with Crippen molar-refractivity contribution in [2.24, 2.45) is 5.92 Å². The maximum absolute atomic E-state index is 8.93. The van der Waals surface area contributed by atoms with Gasteiger partial charge in [-0.15, -0.1) is 6.58 Å². The summed E-state index contributed by atoms with van der Waals surface area (Å²) in [7, 11) is 0. The summed E-state index contributed by atoms with van der Waals surface area (Å²) in [6.07, 6.45) is 12.1. The van der Waals surface area contributed by atoms with Crippen LogP contribution in [0, 0.1) is 17.2 Å². The van der Waals surface area contributed by atoms with E-state index in [1.807, 2.05) is 24.5 Å². The zero-order valence-electron chi connectivity index (χ0n) is 16.6. The van der Waals surface area contributed by atoms with Crippen molar-refractivity contribution in [3.8, 4) is 28.6 Å². The monoisotopic (exact) mass is 379 g/mol. The molecule has 1 saturated carbocycles. The Morgan fingerprint density at radius 3 is 2.31 bits per heavy atom. The van der Waals surface area contributed by atoms with Gasteiger partial charge in [-0.2, -0.15) is 5.26 Å². The Kier molecular flexibility index (Phi) is 5.81. The van der Waals surface area contributed by atoms with Crippen LogP contribution in [0.2, 0.25) is 0 Å². The molecule has 0 atom stereocenters. The lowest BCUT2D eigenvalue weighted by molar-refractivity contribution is 0.328. The lowest BCUT2D eigenvalue weighted by atomic mass is 9.77. The summed E-state index contributed by atoms with van der Waals surface area (Å²) < 4.78 is 0. The second-order valence-corrected chi connectivity index (χ2v) is 7.85. The number of aromatic nitrogens is 2. The third-order valence-electron chi connectivity index (χ3n) is 5.96. The van der Waals surface area contributed by atoms with E-state index in [2.05, 4.69) is 53.0 Å². The molecule has 0 aliphatic heterocycles. The quantitative estimate of drug-likeness (QED) is 0.473. The number of benzene rings is 2. The average Bonchev–Trinajstić information content (AvgIpc) is 2.80. The molecule has 3 heteroatoms. The molecular formula is C26H25N3. The normalized spacial score (nSPS) is 18.7. The van der Waals surface area contributed by atoms with Crippen LogP contribution >= 0.6 is 0 Å². The van der Waals surface area contributed by atoms with Crippen LogP contribution in [0.25, 0.3) is 22.5 Å². The van der Waals surface area contributed by atoms with Crippen LogP contribution in [-0.2, 0) is 0 Å². The lowest BCUT2D eigenvalue weighted by Gasteiger charge is -2.28. The van der Waals surface area contributed by atoms with Crippen LogP contribution in [-0.4, -0.2) is 9.97 Å². The van der Waals surface area contributed by atoms with Crippen molar-refractivity contribution in [2.45, 2.75) is 38.0 Å². The summed E-state index contributed by atoms with van der Waals surface area (Å²) in [5, 5.41) is 8.93. The maximum atomic E-state index is 8.93. The molecule has 1 aliphatic rings. The van der Waals surface area contributed by atoms with Crippen LogP contribution < -0.4 is 0 Å². The highest BCUT2D eigenvalue weighted by atomic mass is 14.9. The minimum Gasteiger partial charge on any atom is -0.236 e. The van der Waals surface area contributed by atoms with Gasteiger partial charge in [-0.1, -0.05) is 30.3 Å². The molecule has 29 heavy (non-hydrogen) atoms. The van der Waals surface area contributed by atoms with Gasteiger partial charge in [0.25, 0.3) is 0 Å². The number of hydrogen-bond acceptors (Lipinski definition) is 3. The Morgan fingerprint density at radius 1 is 0.931 bits per heavy atom. The highest BCUT2D eigenvalue weighted by molar-refractivity contribution is 5.64. The molecule has 1 aromatic heterocycles. The van der Waals surface area contributed by atoms with Gasteiger partial charge in [-0.25, -0.2) is 9.97 Å². The fourth-order valence-electron chi connectivity index (χ4n) is 4.26. The summed E-state index contributed by atoms with van der Waals surface area (Å²) in [6, 6.07) is 18.3. The van der Waals surface area contributed by atoms with E-state index in [4.69, 9.17) is 5.26 Å². The first kappa shape index (κ1) is 19.1. The van der Waals surface area contributed by atoms with Gasteiger partial charge in [0.1, 0.15) is 0 Å². The van der Waals surface area contributed by atoms with Gasteiger partial charge >= 0.3 is 0 Å². The van der Waals surface area contributed by atoms with Crippen LogP contribution in [0.3, 0.4) is 0 Å². The number of allylic oxidation sites excluding steroid dienone is 1. The van der Waals surface area contributed by atoms with Gasteiger partial charge in [0.2, 0.25) is 0 Å². The Bertz CT molecular complexity index is 1010. The molecule has 0 spiro atoms. The van der Waals surface area contributed by atoms with Gasteiger partial charge < -0.3 is 0 Å². The van der Waals surface area contributed by atoms with Gasteiger partial charge in [0.15, 0.2) is 5.82 Å². The first-order valence-corrected chi connectivity index (χ1v) is 10.3. The van der Waals surface area contributed by atoms with Crippen LogP contribution in [0.1, 0.15) is 49.1 Å². The standard InChI is InChI=1S/C26H25N3/c1-2-4-19-7-11-21(12-8-19)23-5-3-6-24(15-23)25-17-28-26(29-18-25)22-13-9-20(16-27)10-14-22/h2-3,5-6,9-10,13-15,17-19,21H,1,4,7-8,11-12H2. The van der Waals surface area contributed by atoms with E-state index < -0.39 is 0 Å². The van der Waals surface area contributed by atoms with Crippen molar-refractivity contribution in [2.75, 3.05) is 0 Å². The molecular weight excluding hydrogens is 354 g/mol. The third-order valence-corrected chi connectivity index (χ3v) is 5.96. The minimum absolute atomic E-state index is 0.640. The highest BCUT2D eigenvalue weighted by Gasteiger charge is 2.21. The molecule has 0 bridgehead atoms. The van der Waals surface area contributed by atoms with Gasteiger partial charge in [0, 0.05) is 23.5 Å². The predicted molar refractivity (Wildman–Crippen MR) is 117 cm³/mol. The number of nitriles is 1. The summed E-state index contributed by atoms with van der Waals surface area (Å²) in [4.78, 5) is 9.10. The predicted octanol–water partition coefficient (Wildman–Crippen LogP) is 6.53. The summed E-state index contributed by atoms with van der Waals surface area (Å²) in [6.45, 7) is 3.89. The molecule has 0 amide bonds. The Labute approximate surface area is 172 Å². The second-order valence-electron chi connectivity index (χ2n) is 7.85. The van der Waals surface area contributed by atoms with Crippen LogP contribution in [0.4, 0.5) is 0 Å². The Hall–Kier alpha value is -3.25. The van der Waals surface area contributed by atoms with Crippen LogP contribution in [0.5, 0.6) is 0 Å². The zero-order valence-corrected chi connectivity index (χ0v) is 16.6. The smallest absolute Gasteiger partial charge is 0.159 e. The SMILES string of the molecule is C=CCC1CCC(c2cccc(-c3cnc(-c4ccc(C#N)cc4)nc3)c2)CC1. The van der Waals surface area contributed by atoms with E-state index in [9.17, 15) is 0 Å². The molecule has 3 aromatic rings. The molecule has 0 N–H and O–H groups in total. The zero-order chi connectivity index (χ0) is 20.1. The van der Waals surface area contributed by atoms with E-state index in [0.29, 0.717) is 17.3 Å². The van der Waals surface area contributed by atoms with Crippen molar-refractivity contribution < 1.29 is 0 Å². The van der Waals surface area contributed by atoms with E-state index in [0.717, 1.165) is 23.5 Å². The fraction of sp³-hybridized carbons (Fsp3) is 0.269. The molecule has 1 heterocycles. The second kappa shape index (κ2) is 8.84. The number of hydrogen-bond donors (Lipinski definition) is 0. The van der Waals surface area contributed by atoms with E-state index >= 15 is 0 Å². The van der Waals surface area contributed by atoms with Gasteiger partial charge in [-0.05, 0) is 79.3 Å². The maximum Gasteiger partial charge on any atom is 0.159 e. The summed E-state index contributed by atoms with van der Waals surface area (Å²) >= 11 is 0. The largest absolute Gasteiger partial charge is 0.236 e. The van der Waals surface area contributed by atoms with Crippen molar-refractivity contribution in [3.63, 3.8) is 0 Å². The van der Waals surface area contributed by atoms with Crippen molar-refractivity contribution in [3.05, 3.63) is 84.7 Å². The van der Waals surface area contributed by atoms with E-state index in [1.165, 1.54) is 36.8 Å². The number of rotatable bonds is 5. The molecule has 0 radical (unpaired) electrons. The average molecular weight is 380 g/mol. The fourth-order valence-corrected chi connectivity index (χ4v) is 4.26.